The van der Waals surface area contributed by atoms with Crippen LogP contribution in [-0.4, -0.2) is 40.0 Å². The minimum absolute atomic E-state index is 0.0106. The molecule has 8 heteroatoms. The van der Waals surface area contributed by atoms with Gasteiger partial charge in [0.2, 0.25) is 5.95 Å². The van der Waals surface area contributed by atoms with Gasteiger partial charge in [0, 0.05) is 36.3 Å². The van der Waals surface area contributed by atoms with Gasteiger partial charge in [-0.2, -0.15) is 11.3 Å². The van der Waals surface area contributed by atoms with Crippen molar-refractivity contribution in [1.82, 2.24) is 20.3 Å². The standard InChI is InChI=1S/C18H19N5OS2/c1-11-16(26-12(2)20-11)15-3-6-19-18(22-15)23-7-4-14(9-23)21-17(24)13-5-8-25-10-13/h3,5-6,8,10,14H,4,7,9H2,1-2H3,(H,21,24). The van der Waals surface area contributed by atoms with E-state index >= 15 is 0 Å². The van der Waals surface area contributed by atoms with Gasteiger partial charge in [-0.3, -0.25) is 4.79 Å². The Morgan fingerprint density at radius 2 is 2.19 bits per heavy atom. The number of aromatic nitrogens is 3. The topological polar surface area (TPSA) is 71.0 Å². The van der Waals surface area contributed by atoms with Crippen molar-refractivity contribution < 1.29 is 4.79 Å². The molecule has 1 amide bonds. The molecule has 3 aromatic heterocycles. The van der Waals surface area contributed by atoms with Gasteiger partial charge in [0.15, 0.2) is 0 Å². The zero-order valence-corrected chi connectivity index (χ0v) is 16.2. The van der Waals surface area contributed by atoms with Crippen molar-refractivity contribution in [2.24, 2.45) is 0 Å². The third kappa shape index (κ3) is 3.47. The molecule has 1 atom stereocenters. The molecule has 1 fully saturated rings. The van der Waals surface area contributed by atoms with Crippen molar-refractivity contribution in [3.8, 4) is 10.6 Å². The minimum Gasteiger partial charge on any atom is -0.347 e. The Labute approximate surface area is 160 Å². The zero-order valence-electron chi connectivity index (χ0n) is 14.6. The van der Waals surface area contributed by atoms with Crippen LogP contribution < -0.4 is 10.2 Å². The fraction of sp³-hybridized carbons (Fsp3) is 0.333. The first kappa shape index (κ1) is 17.1. The molecule has 26 heavy (non-hydrogen) atoms. The first-order chi connectivity index (χ1) is 12.6. The van der Waals surface area contributed by atoms with Gasteiger partial charge in [-0.25, -0.2) is 15.0 Å². The quantitative estimate of drug-likeness (QED) is 0.746. The summed E-state index contributed by atoms with van der Waals surface area (Å²) in [5, 5.41) is 7.92. The SMILES string of the molecule is Cc1nc(C)c(-c2ccnc(N3CCC(NC(=O)c4ccsc4)C3)n2)s1. The van der Waals surface area contributed by atoms with Crippen LogP contribution in [0.3, 0.4) is 0 Å². The van der Waals surface area contributed by atoms with Crippen LogP contribution in [0.15, 0.2) is 29.1 Å². The van der Waals surface area contributed by atoms with Crippen molar-refractivity contribution in [2.75, 3.05) is 18.0 Å². The average Bonchev–Trinajstić information content (AvgIpc) is 3.36. The predicted octanol–water partition coefficient (Wildman–Crippen LogP) is 3.29. The van der Waals surface area contributed by atoms with E-state index in [1.807, 2.05) is 36.7 Å². The molecule has 1 aliphatic heterocycles. The number of carbonyl (C=O) groups excluding carboxylic acids is 1. The predicted molar refractivity (Wildman–Crippen MR) is 105 cm³/mol. The van der Waals surface area contributed by atoms with Crippen molar-refractivity contribution in [3.63, 3.8) is 0 Å². The molecule has 6 nitrogen and oxygen atoms in total. The van der Waals surface area contributed by atoms with Gasteiger partial charge < -0.3 is 10.2 Å². The summed E-state index contributed by atoms with van der Waals surface area (Å²) < 4.78 is 0. The molecule has 1 N–H and O–H groups in total. The van der Waals surface area contributed by atoms with E-state index in [1.165, 1.54) is 11.3 Å². The number of aryl methyl sites for hydroxylation is 2. The average molecular weight is 386 g/mol. The summed E-state index contributed by atoms with van der Waals surface area (Å²) in [4.78, 5) is 29.1. The summed E-state index contributed by atoms with van der Waals surface area (Å²) >= 11 is 3.18. The van der Waals surface area contributed by atoms with Crippen LogP contribution in [0.1, 0.15) is 27.5 Å². The third-order valence-electron chi connectivity index (χ3n) is 4.37. The number of carbonyl (C=O) groups is 1. The maximum absolute atomic E-state index is 12.2. The highest BCUT2D eigenvalue weighted by atomic mass is 32.1. The third-order valence-corrected chi connectivity index (χ3v) is 6.15. The normalized spacial score (nSPS) is 16.8. The van der Waals surface area contributed by atoms with Gasteiger partial charge in [0.1, 0.15) is 0 Å². The molecule has 4 heterocycles. The number of hydrogen-bond acceptors (Lipinski definition) is 7. The van der Waals surface area contributed by atoms with E-state index in [9.17, 15) is 4.79 Å². The van der Waals surface area contributed by atoms with Crippen molar-refractivity contribution in [2.45, 2.75) is 26.3 Å². The highest BCUT2D eigenvalue weighted by Crippen LogP contribution is 2.29. The van der Waals surface area contributed by atoms with Crippen molar-refractivity contribution >= 4 is 34.5 Å². The van der Waals surface area contributed by atoms with Gasteiger partial charge in [-0.15, -0.1) is 11.3 Å². The second kappa shape index (κ2) is 7.13. The summed E-state index contributed by atoms with van der Waals surface area (Å²) in [5.41, 5.74) is 2.63. The summed E-state index contributed by atoms with van der Waals surface area (Å²) in [5.74, 6) is 0.698. The van der Waals surface area contributed by atoms with E-state index in [-0.39, 0.29) is 11.9 Å². The Morgan fingerprint density at radius 1 is 1.31 bits per heavy atom. The number of amides is 1. The van der Waals surface area contributed by atoms with Crippen LogP contribution in [0.25, 0.3) is 10.6 Å². The van der Waals surface area contributed by atoms with Crippen LogP contribution in [0, 0.1) is 13.8 Å². The van der Waals surface area contributed by atoms with E-state index < -0.39 is 0 Å². The van der Waals surface area contributed by atoms with E-state index in [0.29, 0.717) is 5.95 Å². The molecule has 1 aliphatic rings. The molecule has 0 aliphatic carbocycles. The molecule has 0 spiro atoms. The number of nitrogens with one attached hydrogen (secondary N) is 1. The highest BCUT2D eigenvalue weighted by molar-refractivity contribution is 7.15. The second-order valence-corrected chi connectivity index (χ2v) is 8.29. The molecule has 3 aromatic rings. The van der Waals surface area contributed by atoms with Crippen LogP contribution in [0.5, 0.6) is 0 Å². The Kier molecular flexibility index (Phi) is 4.69. The van der Waals surface area contributed by atoms with Crippen LogP contribution in [0.4, 0.5) is 5.95 Å². The number of nitrogens with zero attached hydrogens (tertiary/aromatic N) is 4. The zero-order chi connectivity index (χ0) is 18.1. The number of hydrogen-bond donors (Lipinski definition) is 1. The molecule has 0 radical (unpaired) electrons. The summed E-state index contributed by atoms with van der Waals surface area (Å²) in [6, 6.07) is 3.88. The van der Waals surface area contributed by atoms with Gasteiger partial charge >= 0.3 is 0 Å². The number of thiazole rings is 1. The van der Waals surface area contributed by atoms with E-state index in [0.717, 1.165) is 46.3 Å². The molecule has 1 saturated heterocycles. The molecule has 0 aromatic carbocycles. The lowest BCUT2D eigenvalue weighted by Gasteiger charge is -2.17. The van der Waals surface area contributed by atoms with Crippen LogP contribution >= 0.6 is 22.7 Å². The maximum atomic E-state index is 12.2. The number of anilines is 1. The van der Waals surface area contributed by atoms with Gasteiger partial charge in [0.25, 0.3) is 5.91 Å². The first-order valence-electron chi connectivity index (χ1n) is 8.45. The first-order valence-corrected chi connectivity index (χ1v) is 10.2. The van der Waals surface area contributed by atoms with E-state index in [2.05, 4.69) is 20.2 Å². The number of thiophene rings is 1. The van der Waals surface area contributed by atoms with E-state index in [4.69, 9.17) is 4.98 Å². The Bertz CT molecular complexity index is 922. The lowest BCUT2D eigenvalue weighted by atomic mass is 10.2. The molecular formula is C18H19N5OS2. The number of rotatable bonds is 4. The van der Waals surface area contributed by atoms with Gasteiger partial charge in [0.05, 0.1) is 21.3 Å². The molecular weight excluding hydrogens is 366 g/mol. The highest BCUT2D eigenvalue weighted by Gasteiger charge is 2.26. The molecule has 0 saturated carbocycles. The molecule has 134 valence electrons. The molecule has 1 unspecified atom stereocenters. The van der Waals surface area contributed by atoms with Crippen molar-refractivity contribution in [1.29, 1.82) is 0 Å². The van der Waals surface area contributed by atoms with Crippen molar-refractivity contribution in [3.05, 3.63) is 45.4 Å². The lowest BCUT2D eigenvalue weighted by Crippen LogP contribution is -2.37. The summed E-state index contributed by atoms with van der Waals surface area (Å²) in [7, 11) is 0. The van der Waals surface area contributed by atoms with Gasteiger partial charge in [-0.1, -0.05) is 0 Å². The Morgan fingerprint density at radius 3 is 2.92 bits per heavy atom. The Hall–Kier alpha value is -2.32. The molecule has 0 bridgehead atoms. The smallest absolute Gasteiger partial charge is 0.252 e. The van der Waals surface area contributed by atoms with E-state index in [1.54, 1.807) is 17.5 Å². The minimum atomic E-state index is -0.0106. The largest absolute Gasteiger partial charge is 0.347 e. The fourth-order valence-corrected chi connectivity index (χ4v) is 4.64. The fourth-order valence-electron chi connectivity index (χ4n) is 3.12. The second-order valence-electron chi connectivity index (χ2n) is 6.31. The lowest BCUT2D eigenvalue weighted by molar-refractivity contribution is 0.0941. The monoisotopic (exact) mass is 385 g/mol. The Balaban J connectivity index is 1.46. The summed E-state index contributed by atoms with van der Waals surface area (Å²) in [6.07, 6.45) is 2.69. The summed E-state index contributed by atoms with van der Waals surface area (Å²) in [6.45, 7) is 5.57. The van der Waals surface area contributed by atoms with Crippen LogP contribution in [-0.2, 0) is 0 Å². The molecule has 4 rings (SSSR count). The maximum Gasteiger partial charge on any atom is 0.252 e. The van der Waals surface area contributed by atoms with Gasteiger partial charge in [-0.05, 0) is 37.8 Å². The van der Waals surface area contributed by atoms with Crippen LogP contribution in [0.2, 0.25) is 0 Å².